The van der Waals surface area contributed by atoms with Gasteiger partial charge in [-0.15, -0.1) is 0 Å². The van der Waals surface area contributed by atoms with Crippen LogP contribution in [0.4, 0.5) is 0 Å². The van der Waals surface area contributed by atoms with Crippen LogP contribution in [0.5, 0.6) is 0 Å². The zero-order chi connectivity index (χ0) is 13.8. The molecule has 0 atom stereocenters. The van der Waals surface area contributed by atoms with Gasteiger partial charge < -0.3 is 11.5 Å². The van der Waals surface area contributed by atoms with Crippen molar-refractivity contribution in [1.82, 2.24) is 9.13 Å². The molecule has 8 nitrogen and oxygen atoms in total. The number of carbonyl (C=O) groups excluding carboxylic acids is 2. The van der Waals surface area contributed by atoms with E-state index in [0.717, 1.165) is 0 Å². The molecule has 0 aliphatic heterocycles. The second-order valence-corrected chi connectivity index (χ2v) is 4.27. The molecular weight excluding hydrogens is 248 g/mol. The molecule has 100 valence electrons. The Labute approximate surface area is 109 Å². The van der Waals surface area contributed by atoms with Crippen LogP contribution in [0.2, 0.25) is 0 Å². The van der Waals surface area contributed by atoms with Crippen LogP contribution in [-0.4, -0.2) is 20.9 Å². The van der Waals surface area contributed by atoms with E-state index in [0.29, 0.717) is 6.67 Å². The lowest BCUT2D eigenvalue weighted by Crippen LogP contribution is -2.49. The molecule has 2 amide bonds. The standard InChI is InChI=1S/C11H14N6O2/c12-10(18)5-14-1-3-16(7-14)9-17-4-2-15(8-17)6-11(13)19/h1-4,7-8H,5-6,9H2,(H2-2,12,13,18,19)/p+2. The summed E-state index contributed by atoms with van der Waals surface area (Å²) in [6.45, 7) is 0.873. The highest BCUT2D eigenvalue weighted by atomic mass is 16.1. The second kappa shape index (κ2) is 5.34. The van der Waals surface area contributed by atoms with Gasteiger partial charge in [0, 0.05) is 0 Å². The Morgan fingerprint density at radius 3 is 1.68 bits per heavy atom. The van der Waals surface area contributed by atoms with E-state index >= 15 is 0 Å². The number of imidazole rings is 2. The monoisotopic (exact) mass is 264 g/mol. The molecule has 2 heterocycles. The number of aromatic nitrogens is 4. The molecule has 0 aliphatic rings. The number of nitrogens with zero attached hydrogens (tertiary/aromatic N) is 4. The van der Waals surface area contributed by atoms with E-state index in [4.69, 9.17) is 11.5 Å². The van der Waals surface area contributed by atoms with Crippen LogP contribution in [-0.2, 0) is 29.3 Å². The van der Waals surface area contributed by atoms with Crippen molar-refractivity contribution in [3.05, 3.63) is 37.4 Å². The molecule has 2 aromatic rings. The number of hydrogen-bond acceptors (Lipinski definition) is 2. The summed E-state index contributed by atoms with van der Waals surface area (Å²) in [5, 5.41) is 0. The van der Waals surface area contributed by atoms with Gasteiger partial charge in [0.15, 0.2) is 13.1 Å². The molecule has 0 saturated carbocycles. The van der Waals surface area contributed by atoms with E-state index in [-0.39, 0.29) is 24.9 Å². The van der Waals surface area contributed by atoms with Gasteiger partial charge >= 0.3 is 0 Å². The Bertz CT molecular complexity index is 548. The second-order valence-electron chi connectivity index (χ2n) is 4.27. The molecule has 0 spiro atoms. The highest BCUT2D eigenvalue weighted by Crippen LogP contribution is 1.85. The Morgan fingerprint density at radius 1 is 0.895 bits per heavy atom. The Kier molecular flexibility index (Phi) is 3.60. The molecule has 0 fully saturated rings. The van der Waals surface area contributed by atoms with E-state index in [9.17, 15) is 9.59 Å². The zero-order valence-corrected chi connectivity index (χ0v) is 10.3. The first-order chi connectivity index (χ1) is 9.02. The molecule has 19 heavy (non-hydrogen) atoms. The van der Waals surface area contributed by atoms with E-state index in [1.807, 2.05) is 21.5 Å². The van der Waals surface area contributed by atoms with Crippen molar-refractivity contribution in [3.8, 4) is 0 Å². The fourth-order valence-corrected chi connectivity index (χ4v) is 1.78. The maximum absolute atomic E-state index is 10.8. The van der Waals surface area contributed by atoms with Gasteiger partial charge in [-0.05, 0) is 0 Å². The fourth-order valence-electron chi connectivity index (χ4n) is 1.78. The summed E-state index contributed by atoms with van der Waals surface area (Å²) in [4.78, 5) is 21.6. The number of nitrogens with two attached hydrogens (primary N) is 2. The van der Waals surface area contributed by atoms with E-state index in [1.54, 1.807) is 34.2 Å². The normalized spacial score (nSPS) is 10.5. The van der Waals surface area contributed by atoms with Crippen molar-refractivity contribution in [3.63, 3.8) is 0 Å². The first-order valence-corrected chi connectivity index (χ1v) is 5.69. The lowest BCUT2D eigenvalue weighted by Gasteiger charge is -1.92. The lowest BCUT2D eigenvalue weighted by molar-refractivity contribution is -0.912. The molecule has 0 saturated heterocycles. The molecule has 0 aliphatic carbocycles. The molecule has 8 heteroatoms. The van der Waals surface area contributed by atoms with Crippen molar-refractivity contribution in [1.29, 1.82) is 0 Å². The molecule has 0 bridgehead atoms. The van der Waals surface area contributed by atoms with Crippen LogP contribution in [0, 0.1) is 0 Å². The summed E-state index contributed by atoms with van der Waals surface area (Å²) >= 11 is 0. The minimum atomic E-state index is -0.386. The predicted molar refractivity (Wildman–Crippen MR) is 63.0 cm³/mol. The fraction of sp³-hybridized carbons (Fsp3) is 0.273. The van der Waals surface area contributed by atoms with E-state index < -0.39 is 0 Å². The number of amides is 2. The first kappa shape index (κ1) is 12.8. The predicted octanol–water partition coefficient (Wildman–Crippen LogP) is -2.66. The van der Waals surface area contributed by atoms with Gasteiger partial charge in [-0.1, -0.05) is 0 Å². The molecule has 0 unspecified atom stereocenters. The smallest absolute Gasteiger partial charge is 0.259 e. The van der Waals surface area contributed by atoms with Gasteiger partial charge in [-0.3, -0.25) is 9.59 Å². The molecule has 0 aromatic carbocycles. The topological polar surface area (TPSA) is 104 Å². The van der Waals surface area contributed by atoms with Crippen LogP contribution < -0.4 is 20.6 Å². The zero-order valence-electron chi connectivity index (χ0n) is 10.3. The third-order valence-electron chi connectivity index (χ3n) is 2.50. The molecule has 0 radical (unpaired) electrons. The summed E-state index contributed by atoms with van der Waals surface area (Å²) in [6, 6.07) is 0. The molecule has 4 N–H and O–H groups in total. The minimum Gasteiger partial charge on any atom is -0.366 e. The minimum absolute atomic E-state index is 0.153. The van der Waals surface area contributed by atoms with Crippen LogP contribution in [0.15, 0.2) is 37.4 Å². The lowest BCUT2D eigenvalue weighted by atomic mass is 10.6. The van der Waals surface area contributed by atoms with Crippen molar-refractivity contribution in [2.45, 2.75) is 19.8 Å². The number of primary amides is 2. The van der Waals surface area contributed by atoms with Crippen molar-refractivity contribution in [2.24, 2.45) is 11.5 Å². The van der Waals surface area contributed by atoms with E-state index in [1.165, 1.54) is 0 Å². The van der Waals surface area contributed by atoms with Gasteiger partial charge in [0.25, 0.3) is 11.8 Å². The summed E-state index contributed by atoms with van der Waals surface area (Å²) in [7, 11) is 0. The van der Waals surface area contributed by atoms with Crippen LogP contribution >= 0.6 is 0 Å². The average molecular weight is 264 g/mol. The largest absolute Gasteiger partial charge is 0.366 e. The highest BCUT2D eigenvalue weighted by Gasteiger charge is 2.11. The maximum Gasteiger partial charge on any atom is 0.259 e. The Hall–Kier alpha value is -2.64. The van der Waals surface area contributed by atoms with Gasteiger partial charge in [0.1, 0.15) is 24.8 Å². The van der Waals surface area contributed by atoms with Crippen molar-refractivity contribution >= 4 is 11.8 Å². The summed E-state index contributed by atoms with van der Waals surface area (Å²) < 4.78 is 7.17. The maximum atomic E-state index is 10.8. The molecule has 2 aromatic heterocycles. The summed E-state index contributed by atoms with van der Waals surface area (Å²) in [6.07, 6.45) is 10.8. The van der Waals surface area contributed by atoms with Gasteiger partial charge in [-0.2, -0.15) is 9.13 Å². The quantitative estimate of drug-likeness (QED) is 0.556. The molecular formula is C11H16N6O2+2. The summed E-state index contributed by atoms with van der Waals surface area (Å²) in [5.74, 6) is -0.772. The Balaban J connectivity index is 2.00. The van der Waals surface area contributed by atoms with Crippen LogP contribution in [0.1, 0.15) is 0 Å². The molecule has 2 rings (SSSR count). The Morgan fingerprint density at radius 2 is 1.32 bits per heavy atom. The van der Waals surface area contributed by atoms with Gasteiger partial charge in [-0.25, -0.2) is 9.13 Å². The number of hydrogen-bond donors (Lipinski definition) is 2. The average Bonchev–Trinajstić information content (AvgIpc) is 2.88. The van der Waals surface area contributed by atoms with Gasteiger partial charge in [0.2, 0.25) is 19.3 Å². The third kappa shape index (κ3) is 3.66. The van der Waals surface area contributed by atoms with Gasteiger partial charge in [0.05, 0.1) is 0 Å². The van der Waals surface area contributed by atoms with Crippen molar-refractivity contribution in [2.75, 3.05) is 0 Å². The summed E-state index contributed by atoms with van der Waals surface area (Å²) in [5.41, 5.74) is 10.2. The first-order valence-electron chi connectivity index (χ1n) is 5.69. The highest BCUT2D eigenvalue weighted by molar-refractivity contribution is 5.73. The number of rotatable bonds is 6. The van der Waals surface area contributed by atoms with E-state index in [2.05, 4.69) is 0 Å². The van der Waals surface area contributed by atoms with Crippen molar-refractivity contribution < 1.29 is 18.7 Å². The number of carbonyl (C=O) groups is 2. The van der Waals surface area contributed by atoms with Crippen LogP contribution in [0.25, 0.3) is 0 Å². The van der Waals surface area contributed by atoms with Crippen LogP contribution in [0.3, 0.4) is 0 Å². The SMILES string of the molecule is NC(=O)Cn1cc[n+](C[n+]2ccn(CC(N)=O)c2)c1. The third-order valence-corrected chi connectivity index (χ3v) is 2.50.